The first-order chi connectivity index (χ1) is 8.79. The molecule has 0 aromatic carbocycles. The standard InChI is InChI=1S/C12H18N2O3S2/c1-7(9-3-4-9)12(15)14-8(2)10-5-6-11(18-10)19(13,16)17/h5-9H,3-4H2,1-2H3,(H,14,15)(H2,13,16,17). The number of carbonyl (C=O) groups is 1. The smallest absolute Gasteiger partial charge is 0.247 e. The summed E-state index contributed by atoms with van der Waals surface area (Å²) in [6.07, 6.45) is 2.25. The second kappa shape index (κ2) is 5.22. The van der Waals surface area contributed by atoms with E-state index in [4.69, 9.17) is 5.14 Å². The van der Waals surface area contributed by atoms with Gasteiger partial charge in [-0.3, -0.25) is 4.79 Å². The van der Waals surface area contributed by atoms with Gasteiger partial charge in [-0.15, -0.1) is 11.3 Å². The van der Waals surface area contributed by atoms with Gasteiger partial charge in [0.25, 0.3) is 0 Å². The quantitative estimate of drug-likeness (QED) is 0.866. The Labute approximate surface area is 117 Å². The lowest BCUT2D eigenvalue weighted by molar-refractivity contribution is -0.125. The Kier molecular flexibility index (Phi) is 3.98. The lowest BCUT2D eigenvalue weighted by Crippen LogP contribution is -2.32. The molecular weight excluding hydrogens is 284 g/mol. The number of thiophene rings is 1. The molecule has 3 N–H and O–H groups in total. The second-order valence-electron chi connectivity index (χ2n) is 5.06. The summed E-state index contributed by atoms with van der Waals surface area (Å²) < 4.78 is 22.5. The normalized spacial score (nSPS) is 18.9. The number of hydrogen-bond acceptors (Lipinski definition) is 4. The number of nitrogens with two attached hydrogens (primary N) is 1. The van der Waals surface area contributed by atoms with E-state index in [1.807, 2.05) is 13.8 Å². The minimum atomic E-state index is -3.66. The molecule has 1 aromatic rings. The van der Waals surface area contributed by atoms with Gasteiger partial charge in [0.1, 0.15) is 4.21 Å². The van der Waals surface area contributed by atoms with Crippen molar-refractivity contribution in [3.05, 3.63) is 17.0 Å². The lowest BCUT2D eigenvalue weighted by atomic mass is 10.1. The van der Waals surface area contributed by atoms with Crippen LogP contribution in [0.25, 0.3) is 0 Å². The van der Waals surface area contributed by atoms with Crippen molar-refractivity contribution in [2.24, 2.45) is 17.0 Å². The topological polar surface area (TPSA) is 89.3 Å². The van der Waals surface area contributed by atoms with Crippen LogP contribution in [-0.2, 0) is 14.8 Å². The molecule has 1 aliphatic carbocycles. The predicted octanol–water partition coefficient (Wildman–Crippen LogP) is 1.62. The minimum absolute atomic E-state index is 0.0279. The third kappa shape index (κ3) is 3.55. The second-order valence-corrected chi connectivity index (χ2v) is 7.96. The Morgan fingerprint density at radius 1 is 1.42 bits per heavy atom. The molecule has 19 heavy (non-hydrogen) atoms. The SMILES string of the molecule is CC(NC(=O)C(C)C1CC1)c1ccc(S(N)(=O)=O)s1. The Hall–Kier alpha value is -0.920. The van der Waals surface area contributed by atoms with Gasteiger partial charge >= 0.3 is 0 Å². The summed E-state index contributed by atoms with van der Waals surface area (Å²) in [5.41, 5.74) is 0. The van der Waals surface area contributed by atoms with Crippen LogP contribution in [0.15, 0.2) is 16.3 Å². The summed E-state index contributed by atoms with van der Waals surface area (Å²) in [7, 11) is -3.66. The van der Waals surface area contributed by atoms with Crippen LogP contribution in [0, 0.1) is 11.8 Å². The highest BCUT2D eigenvalue weighted by Gasteiger charge is 2.33. The lowest BCUT2D eigenvalue weighted by Gasteiger charge is -2.16. The van der Waals surface area contributed by atoms with Crippen LogP contribution in [0.5, 0.6) is 0 Å². The molecule has 1 aromatic heterocycles. The monoisotopic (exact) mass is 302 g/mol. The van der Waals surface area contributed by atoms with E-state index in [1.54, 1.807) is 6.07 Å². The Morgan fingerprint density at radius 3 is 2.53 bits per heavy atom. The predicted molar refractivity (Wildman–Crippen MR) is 74.1 cm³/mol. The first-order valence-corrected chi connectivity index (χ1v) is 8.58. The number of rotatable bonds is 5. The zero-order valence-corrected chi connectivity index (χ0v) is 12.6. The van der Waals surface area contributed by atoms with Crippen molar-refractivity contribution in [1.82, 2.24) is 5.32 Å². The highest BCUT2D eigenvalue weighted by Crippen LogP contribution is 2.37. The third-order valence-corrected chi connectivity index (χ3v) is 6.12. The van der Waals surface area contributed by atoms with Gasteiger partial charge in [0, 0.05) is 10.8 Å². The maximum atomic E-state index is 12.0. The molecule has 0 saturated heterocycles. The van der Waals surface area contributed by atoms with Crippen LogP contribution < -0.4 is 10.5 Å². The third-order valence-electron chi connectivity index (χ3n) is 3.41. The molecule has 2 atom stereocenters. The molecule has 1 aliphatic rings. The van der Waals surface area contributed by atoms with Crippen LogP contribution in [0.3, 0.4) is 0 Å². The van der Waals surface area contributed by atoms with E-state index in [9.17, 15) is 13.2 Å². The maximum absolute atomic E-state index is 12.0. The number of primary sulfonamides is 1. The highest BCUT2D eigenvalue weighted by atomic mass is 32.2. The molecular formula is C12H18N2O3S2. The average Bonchev–Trinajstić information content (AvgIpc) is 3.02. The number of sulfonamides is 1. The molecule has 2 rings (SSSR count). The van der Waals surface area contributed by atoms with Crippen LogP contribution >= 0.6 is 11.3 Å². The fourth-order valence-electron chi connectivity index (χ4n) is 1.95. The van der Waals surface area contributed by atoms with Crippen molar-refractivity contribution in [3.63, 3.8) is 0 Å². The summed E-state index contributed by atoms with van der Waals surface area (Å²) in [6.45, 7) is 3.78. The van der Waals surface area contributed by atoms with Gasteiger partial charge in [0.15, 0.2) is 0 Å². The fourth-order valence-corrected chi connectivity index (χ4v) is 3.70. The molecule has 106 valence electrons. The number of carbonyl (C=O) groups excluding carboxylic acids is 1. The summed E-state index contributed by atoms with van der Waals surface area (Å²) >= 11 is 1.10. The number of hydrogen-bond donors (Lipinski definition) is 2. The molecule has 1 fully saturated rings. The first-order valence-electron chi connectivity index (χ1n) is 6.22. The number of nitrogens with one attached hydrogen (secondary N) is 1. The van der Waals surface area contributed by atoms with Crippen molar-refractivity contribution < 1.29 is 13.2 Å². The molecule has 5 nitrogen and oxygen atoms in total. The molecule has 2 unspecified atom stereocenters. The van der Waals surface area contributed by atoms with Gasteiger partial charge in [-0.2, -0.15) is 0 Å². The van der Waals surface area contributed by atoms with Gasteiger partial charge in [-0.25, -0.2) is 13.6 Å². The highest BCUT2D eigenvalue weighted by molar-refractivity contribution is 7.91. The summed E-state index contributed by atoms with van der Waals surface area (Å²) in [4.78, 5) is 12.8. The van der Waals surface area contributed by atoms with Gasteiger partial charge in [-0.1, -0.05) is 6.92 Å². The molecule has 7 heteroatoms. The molecule has 1 saturated carbocycles. The fraction of sp³-hybridized carbons (Fsp3) is 0.583. The Bertz CT molecular complexity index is 576. The molecule has 0 spiro atoms. The summed E-state index contributed by atoms with van der Waals surface area (Å²) in [6, 6.07) is 2.97. The largest absolute Gasteiger partial charge is 0.349 e. The van der Waals surface area contributed by atoms with E-state index in [0.717, 1.165) is 29.1 Å². The average molecular weight is 302 g/mol. The van der Waals surface area contributed by atoms with Crippen molar-refractivity contribution in [2.75, 3.05) is 0 Å². The molecule has 0 bridgehead atoms. The van der Waals surface area contributed by atoms with Crippen molar-refractivity contribution in [1.29, 1.82) is 0 Å². The van der Waals surface area contributed by atoms with Gasteiger partial charge in [0.2, 0.25) is 15.9 Å². The maximum Gasteiger partial charge on any atom is 0.247 e. The molecule has 0 aliphatic heterocycles. The first kappa shape index (κ1) is 14.5. The van der Waals surface area contributed by atoms with Crippen molar-refractivity contribution in [3.8, 4) is 0 Å². The summed E-state index contributed by atoms with van der Waals surface area (Å²) in [5.74, 6) is 0.566. The zero-order valence-electron chi connectivity index (χ0n) is 10.9. The summed E-state index contributed by atoms with van der Waals surface area (Å²) in [5, 5.41) is 7.98. The van der Waals surface area contributed by atoms with Gasteiger partial charge in [0.05, 0.1) is 6.04 Å². The Balaban J connectivity index is 2.01. The molecule has 0 radical (unpaired) electrons. The van der Waals surface area contributed by atoms with E-state index in [1.165, 1.54) is 6.07 Å². The van der Waals surface area contributed by atoms with Crippen LogP contribution in [-0.4, -0.2) is 14.3 Å². The van der Waals surface area contributed by atoms with E-state index in [2.05, 4.69) is 5.32 Å². The van der Waals surface area contributed by atoms with E-state index in [-0.39, 0.29) is 22.1 Å². The van der Waals surface area contributed by atoms with E-state index in [0.29, 0.717) is 5.92 Å². The van der Waals surface area contributed by atoms with E-state index < -0.39 is 10.0 Å². The number of amides is 1. The van der Waals surface area contributed by atoms with Crippen LogP contribution in [0.4, 0.5) is 0 Å². The van der Waals surface area contributed by atoms with E-state index >= 15 is 0 Å². The van der Waals surface area contributed by atoms with Crippen molar-refractivity contribution in [2.45, 2.75) is 36.9 Å². The Morgan fingerprint density at radius 2 is 2.05 bits per heavy atom. The van der Waals surface area contributed by atoms with Crippen LogP contribution in [0.2, 0.25) is 0 Å². The van der Waals surface area contributed by atoms with Crippen molar-refractivity contribution >= 4 is 27.3 Å². The zero-order chi connectivity index (χ0) is 14.2. The van der Waals surface area contributed by atoms with Gasteiger partial charge in [-0.05, 0) is 37.8 Å². The molecule has 1 heterocycles. The van der Waals surface area contributed by atoms with Crippen LogP contribution in [0.1, 0.15) is 37.6 Å². The minimum Gasteiger partial charge on any atom is -0.349 e. The van der Waals surface area contributed by atoms with Gasteiger partial charge < -0.3 is 5.32 Å². The molecule has 1 amide bonds.